The van der Waals surface area contributed by atoms with Crippen LogP contribution in [0.15, 0.2) is 41.8 Å². The van der Waals surface area contributed by atoms with Crippen molar-refractivity contribution in [2.24, 2.45) is 0 Å². The molecule has 1 nitrogen and oxygen atoms in total. The lowest BCUT2D eigenvalue weighted by Crippen LogP contribution is -1.94. The Morgan fingerprint density at radius 3 is 2.88 bits per heavy atom. The summed E-state index contributed by atoms with van der Waals surface area (Å²) >= 11 is 8.12. The summed E-state index contributed by atoms with van der Waals surface area (Å²) in [6.07, 6.45) is 0.867. The van der Waals surface area contributed by atoms with Gasteiger partial charge < -0.3 is 4.74 Å². The van der Waals surface area contributed by atoms with Gasteiger partial charge in [0.1, 0.15) is 5.75 Å². The minimum Gasteiger partial charge on any atom is -0.497 e. The molecule has 0 bridgehead atoms. The van der Waals surface area contributed by atoms with E-state index in [9.17, 15) is 0 Å². The van der Waals surface area contributed by atoms with Gasteiger partial charge in [-0.3, -0.25) is 0 Å². The van der Waals surface area contributed by atoms with Gasteiger partial charge in [0.2, 0.25) is 0 Å². The Morgan fingerprint density at radius 1 is 1.31 bits per heavy atom. The number of alkyl halides is 1. The van der Waals surface area contributed by atoms with Gasteiger partial charge in [0.05, 0.1) is 12.5 Å². The Morgan fingerprint density at radius 2 is 2.19 bits per heavy atom. The van der Waals surface area contributed by atoms with E-state index in [1.165, 1.54) is 4.88 Å². The van der Waals surface area contributed by atoms with Crippen LogP contribution in [-0.2, 0) is 6.42 Å². The third-order valence-corrected chi connectivity index (χ3v) is 3.72. The van der Waals surface area contributed by atoms with Crippen molar-refractivity contribution in [1.29, 1.82) is 0 Å². The molecule has 0 spiro atoms. The second-order valence-electron chi connectivity index (χ2n) is 3.53. The van der Waals surface area contributed by atoms with Crippen molar-refractivity contribution in [2.75, 3.05) is 7.11 Å². The van der Waals surface area contributed by atoms with E-state index in [2.05, 4.69) is 17.5 Å². The number of benzene rings is 1. The van der Waals surface area contributed by atoms with E-state index in [0.717, 1.165) is 17.7 Å². The highest BCUT2D eigenvalue weighted by Crippen LogP contribution is 2.28. The van der Waals surface area contributed by atoms with Gasteiger partial charge in [-0.05, 0) is 29.1 Å². The van der Waals surface area contributed by atoms with Crippen molar-refractivity contribution in [2.45, 2.75) is 11.8 Å². The van der Waals surface area contributed by atoms with E-state index >= 15 is 0 Å². The molecule has 3 heteroatoms. The van der Waals surface area contributed by atoms with E-state index in [4.69, 9.17) is 16.3 Å². The predicted molar refractivity (Wildman–Crippen MR) is 69.6 cm³/mol. The molecule has 0 N–H and O–H groups in total. The molecule has 0 fully saturated rings. The fraction of sp³-hybridized carbons (Fsp3) is 0.231. The number of halogens is 1. The minimum atomic E-state index is 0.00810. The second kappa shape index (κ2) is 5.37. The van der Waals surface area contributed by atoms with Crippen molar-refractivity contribution >= 4 is 22.9 Å². The van der Waals surface area contributed by atoms with Crippen molar-refractivity contribution < 1.29 is 4.74 Å². The zero-order valence-electron chi connectivity index (χ0n) is 9.02. The summed E-state index contributed by atoms with van der Waals surface area (Å²) in [5, 5.41) is 2.08. The van der Waals surface area contributed by atoms with Gasteiger partial charge in [-0.25, -0.2) is 0 Å². The van der Waals surface area contributed by atoms with Crippen LogP contribution in [0.4, 0.5) is 0 Å². The van der Waals surface area contributed by atoms with E-state index in [1.807, 2.05) is 24.3 Å². The summed E-state index contributed by atoms with van der Waals surface area (Å²) in [6.45, 7) is 0. The largest absolute Gasteiger partial charge is 0.497 e. The number of methoxy groups -OCH3 is 1. The minimum absolute atomic E-state index is 0.00810. The third kappa shape index (κ3) is 2.77. The number of hydrogen-bond donors (Lipinski definition) is 0. The quantitative estimate of drug-likeness (QED) is 0.738. The standard InChI is InChI=1S/C13H13ClOS/c1-15-11-5-2-4-10(8-11)13(14)9-12-6-3-7-16-12/h2-8,13H,9H2,1H3. The van der Waals surface area contributed by atoms with Crippen LogP contribution in [0.2, 0.25) is 0 Å². The molecule has 0 amide bonds. The van der Waals surface area contributed by atoms with Gasteiger partial charge in [-0.15, -0.1) is 22.9 Å². The molecule has 1 aromatic heterocycles. The number of rotatable bonds is 4. The zero-order valence-corrected chi connectivity index (χ0v) is 10.6. The Hall–Kier alpha value is -0.990. The smallest absolute Gasteiger partial charge is 0.119 e. The molecule has 84 valence electrons. The maximum Gasteiger partial charge on any atom is 0.119 e. The van der Waals surface area contributed by atoms with Gasteiger partial charge in [0.25, 0.3) is 0 Å². The molecule has 16 heavy (non-hydrogen) atoms. The van der Waals surface area contributed by atoms with E-state index in [1.54, 1.807) is 18.4 Å². The average molecular weight is 253 g/mol. The van der Waals surface area contributed by atoms with Crippen LogP contribution < -0.4 is 4.74 Å². The molecule has 1 heterocycles. The first-order valence-corrected chi connectivity index (χ1v) is 6.41. The van der Waals surface area contributed by atoms with Gasteiger partial charge >= 0.3 is 0 Å². The van der Waals surface area contributed by atoms with Crippen molar-refractivity contribution in [3.8, 4) is 5.75 Å². The summed E-state index contributed by atoms with van der Waals surface area (Å²) in [6, 6.07) is 12.1. The van der Waals surface area contributed by atoms with Crippen LogP contribution in [0.3, 0.4) is 0 Å². The lowest BCUT2D eigenvalue weighted by molar-refractivity contribution is 0.414. The van der Waals surface area contributed by atoms with Crippen molar-refractivity contribution in [1.82, 2.24) is 0 Å². The van der Waals surface area contributed by atoms with Crippen molar-refractivity contribution in [3.63, 3.8) is 0 Å². The summed E-state index contributed by atoms with van der Waals surface area (Å²) in [4.78, 5) is 1.31. The molecule has 1 atom stereocenters. The molecule has 1 unspecified atom stereocenters. The SMILES string of the molecule is COc1cccc(C(Cl)Cc2cccs2)c1. The highest BCUT2D eigenvalue weighted by Gasteiger charge is 2.10. The molecule has 2 aromatic rings. The lowest BCUT2D eigenvalue weighted by atomic mass is 10.1. The normalized spacial score (nSPS) is 12.4. The third-order valence-electron chi connectivity index (χ3n) is 2.42. The molecule has 0 saturated carbocycles. The molecule has 1 aromatic carbocycles. The Balaban J connectivity index is 2.11. The van der Waals surface area contributed by atoms with Gasteiger partial charge in [0.15, 0.2) is 0 Å². The summed E-state index contributed by atoms with van der Waals surface area (Å²) < 4.78 is 5.18. The highest BCUT2D eigenvalue weighted by molar-refractivity contribution is 7.09. The molecule has 0 radical (unpaired) electrons. The van der Waals surface area contributed by atoms with Gasteiger partial charge in [-0.1, -0.05) is 18.2 Å². The van der Waals surface area contributed by atoms with Gasteiger partial charge in [-0.2, -0.15) is 0 Å². The summed E-state index contributed by atoms with van der Waals surface area (Å²) in [7, 11) is 1.67. The zero-order chi connectivity index (χ0) is 11.4. The maximum atomic E-state index is 6.38. The van der Waals surface area contributed by atoms with Gasteiger partial charge in [0, 0.05) is 11.3 Å². The number of ether oxygens (including phenoxy) is 1. The Bertz CT molecular complexity index is 439. The lowest BCUT2D eigenvalue weighted by Gasteiger charge is -2.09. The molecule has 2 rings (SSSR count). The fourth-order valence-electron chi connectivity index (χ4n) is 1.56. The van der Waals surface area contributed by atoms with E-state index in [-0.39, 0.29) is 5.38 Å². The van der Waals surface area contributed by atoms with Crippen LogP contribution in [0, 0.1) is 0 Å². The first-order chi connectivity index (χ1) is 7.79. The average Bonchev–Trinajstić information content (AvgIpc) is 2.82. The van der Waals surface area contributed by atoms with E-state index < -0.39 is 0 Å². The molecule has 0 aliphatic carbocycles. The van der Waals surface area contributed by atoms with Crippen molar-refractivity contribution in [3.05, 3.63) is 52.2 Å². The molecular formula is C13H13ClOS. The monoisotopic (exact) mass is 252 g/mol. The maximum absolute atomic E-state index is 6.38. The molecule has 0 aliphatic heterocycles. The summed E-state index contributed by atoms with van der Waals surface area (Å²) in [5.41, 5.74) is 1.11. The number of thiophene rings is 1. The van der Waals surface area contributed by atoms with Crippen LogP contribution in [0.25, 0.3) is 0 Å². The van der Waals surface area contributed by atoms with Crippen LogP contribution >= 0.6 is 22.9 Å². The first kappa shape index (κ1) is 11.5. The van der Waals surface area contributed by atoms with E-state index in [0.29, 0.717) is 0 Å². The van der Waals surface area contributed by atoms with Crippen LogP contribution in [0.1, 0.15) is 15.8 Å². The molecule has 0 aliphatic rings. The Kier molecular flexibility index (Phi) is 3.86. The predicted octanol–water partition coefficient (Wildman–Crippen LogP) is 4.28. The Labute approximate surface area is 105 Å². The molecule has 0 saturated heterocycles. The fourth-order valence-corrected chi connectivity index (χ4v) is 2.70. The summed E-state index contributed by atoms with van der Waals surface area (Å²) in [5.74, 6) is 0.856. The van der Waals surface area contributed by atoms with Crippen LogP contribution in [-0.4, -0.2) is 7.11 Å². The first-order valence-electron chi connectivity index (χ1n) is 5.10. The number of hydrogen-bond acceptors (Lipinski definition) is 2. The van der Waals surface area contributed by atoms with Crippen LogP contribution in [0.5, 0.6) is 5.75 Å². The second-order valence-corrected chi connectivity index (χ2v) is 5.09. The molecular weight excluding hydrogens is 240 g/mol. The highest BCUT2D eigenvalue weighted by atomic mass is 35.5. The topological polar surface area (TPSA) is 9.23 Å².